The SMILES string of the molecule is O=C(O)C1CC2(COC2)C1. The summed E-state index contributed by atoms with van der Waals surface area (Å²) >= 11 is 0. The fraction of sp³-hybridized carbons (Fsp3) is 0.857. The van der Waals surface area contributed by atoms with Crippen molar-refractivity contribution in [2.24, 2.45) is 11.3 Å². The van der Waals surface area contributed by atoms with Crippen molar-refractivity contribution in [1.82, 2.24) is 0 Å². The molecule has 2 aliphatic rings. The zero-order valence-corrected chi connectivity index (χ0v) is 5.67. The first-order chi connectivity index (χ1) is 4.72. The summed E-state index contributed by atoms with van der Waals surface area (Å²) < 4.78 is 5.02. The summed E-state index contributed by atoms with van der Waals surface area (Å²) in [7, 11) is 0. The number of carboxylic acids is 1. The molecule has 0 radical (unpaired) electrons. The Kier molecular flexibility index (Phi) is 1.06. The number of rotatable bonds is 1. The first kappa shape index (κ1) is 6.16. The monoisotopic (exact) mass is 142 g/mol. The highest BCUT2D eigenvalue weighted by atomic mass is 16.5. The van der Waals surface area contributed by atoms with Gasteiger partial charge in [0.05, 0.1) is 19.1 Å². The van der Waals surface area contributed by atoms with Crippen LogP contribution >= 0.6 is 0 Å². The minimum Gasteiger partial charge on any atom is -0.481 e. The summed E-state index contributed by atoms with van der Waals surface area (Å²) in [5.41, 5.74) is 0.295. The Labute approximate surface area is 59.0 Å². The van der Waals surface area contributed by atoms with E-state index in [9.17, 15) is 4.79 Å². The number of hydrogen-bond acceptors (Lipinski definition) is 2. The second-order valence-corrected chi connectivity index (χ2v) is 3.44. The van der Waals surface area contributed by atoms with Gasteiger partial charge in [0.2, 0.25) is 0 Å². The van der Waals surface area contributed by atoms with Gasteiger partial charge in [-0.15, -0.1) is 0 Å². The van der Waals surface area contributed by atoms with Crippen LogP contribution in [-0.2, 0) is 9.53 Å². The molecule has 1 heterocycles. The molecule has 10 heavy (non-hydrogen) atoms. The second-order valence-electron chi connectivity index (χ2n) is 3.44. The molecule has 1 aliphatic carbocycles. The van der Waals surface area contributed by atoms with Gasteiger partial charge in [-0.2, -0.15) is 0 Å². The number of ether oxygens (including phenoxy) is 1. The lowest BCUT2D eigenvalue weighted by atomic mass is 9.61. The van der Waals surface area contributed by atoms with Gasteiger partial charge in [-0.05, 0) is 12.8 Å². The van der Waals surface area contributed by atoms with Crippen molar-refractivity contribution >= 4 is 5.97 Å². The Balaban J connectivity index is 1.88. The Morgan fingerprint density at radius 3 is 2.40 bits per heavy atom. The Hall–Kier alpha value is -0.570. The van der Waals surface area contributed by atoms with Gasteiger partial charge in [0.15, 0.2) is 0 Å². The minimum absolute atomic E-state index is 0.0797. The molecule has 2 rings (SSSR count). The Morgan fingerprint density at radius 2 is 2.10 bits per heavy atom. The molecule has 0 aromatic heterocycles. The maximum Gasteiger partial charge on any atom is 0.306 e. The van der Waals surface area contributed by atoms with Crippen LogP contribution in [0.2, 0.25) is 0 Å². The molecule has 0 aromatic carbocycles. The molecule has 1 saturated carbocycles. The quantitative estimate of drug-likeness (QED) is 0.579. The maximum atomic E-state index is 10.4. The van der Waals surface area contributed by atoms with Crippen LogP contribution in [0.15, 0.2) is 0 Å². The van der Waals surface area contributed by atoms with E-state index in [2.05, 4.69) is 0 Å². The number of carboxylic acid groups (broad SMARTS) is 1. The molecule has 0 unspecified atom stereocenters. The van der Waals surface area contributed by atoms with E-state index in [1.54, 1.807) is 0 Å². The third kappa shape index (κ3) is 0.669. The molecular formula is C7H10O3. The van der Waals surface area contributed by atoms with Gasteiger partial charge in [0.25, 0.3) is 0 Å². The van der Waals surface area contributed by atoms with Crippen molar-refractivity contribution < 1.29 is 14.6 Å². The maximum absolute atomic E-state index is 10.4. The van der Waals surface area contributed by atoms with E-state index in [1.165, 1.54) is 0 Å². The van der Waals surface area contributed by atoms with Crippen molar-refractivity contribution in [1.29, 1.82) is 0 Å². The van der Waals surface area contributed by atoms with E-state index in [-0.39, 0.29) is 5.92 Å². The molecular weight excluding hydrogens is 132 g/mol. The van der Waals surface area contributed by atoms with Crippen molar-refractivity contribution in [3.05, 3.63) is 0 Å². The van der Waals surface area contributed by atoms with Gasteiger partial charge >= 0.3 is 5.97 Å². The Morgan fingerprint density at radius 1 is 1.50 bits per heavy atom. The standard InChI is InChI=1S/C7H10O3/c8-6(9)5-1-7(2-5)3-10-4-7/h5H,1-4H2,(H,8,9). The number of aliphatic carboxylic acids is 1. The van der Waals surface area contributed by atoms with Crippen molar-refractivity contribution in [3.63, 3.8) is 0 Å². The second kappa shape index (κ2) is 1.72. The van der Waals surface area contributed by atoms with Gasteiger partial charge in [0.1, 0.15) is 0 Å². The van der Waals surface area contributed by atoms with Crippen molar-refractivity contribution in [3.8, 4) is 0 Å². The van der Waals surface area contributed by atoms with Crippen LogP contribution in [-0.4, -0.2) is 24.3 Å². The highest BCUT2D eigenvalue weighted by molar-refractivity contribution is 5.71. The van der Waals surface area contributed by atoms with Crippen LogP contribution in [0.5, 0.6) is 0 Å². The lowest BCUT2D eigenvalue weighted by molar-refractivity contribution is -0.192. The summed E-state index contributed by atoms with van der Waals surface area (Å²) in [6, 6.07) is 0. The highest BCUT2D eigenvalue weighted by Gasteiger charge is 2.52. The summed E-state index contributed by atoms with van der Waals surface area (Å²) in [5, 5.41) is 8.54. The van der Waals surface area contributed by atoms with Gasteiger partial charge < -0.3 is 9.84 Å². The predicted octanol–water partition coefficient (Wildman–Crippen LogP) is 0.498. The van der Waals surface area contributed by atoms with Crippen LogP contribution in [0.3, 0.4) is 0 Å². The first-order valence-electron chi connectivity index (χ1n) is 3.52. The van der Waals surface area contributed by atoms with E-state index >= 15 is 0 Å². The molecule has 3 heteroatoms. The van der Waals surface area contributed by atoms with Gasteiger partial charge in [-0.25, -0.2) is 0 Å². The fourth-order valence-electron chi connectivity index (χ4n) is 1.79. The summed E-state index contributed by atoms with van der Waals surface area (Å²) in [5.74, 6) is -0.721. The van der Waals surface area contributed by atoms with Crippen molar-refractivity contribution in [2.45, 2.75) is 12.8 Å². The van der Waals surface area contributed by atoms with E-state index < -0.39 is 5.97 Å². The third-order valence-corrected chi connectivity index (χ3v) is 2.52. The van der Waals surface area contributed by atoms with E-state index in [4.69, 9.17) is 9.84 Å². The van der Waals surface area contributed by atoms with Crippen LogP contribution in [0.1, 0.15) is 12.8 Å². The molecule has 0 amide bonds. The predicted molar refractivity (Wildman–Crippen MR) is 33.6 cm³/mol. The van der Waals surface area contributed by atoms with E-state index in [1.807, 2.05) is 0 Å². The molecule has 0 bridgehead atoms. The molecule has 1 spiro atoms. The molecule has 1 aliphatic heterocycles. The van der Waals surface area contributed by atoms with Gasteiger partial charge in [-0.3, -0.25) is 4.79 Å². The van der Waals surface area contributed by atoms with Crippen molar-refractivity contribution in [2.75, 3.05) is 13.2 Å². The lowest BCUT2D eigenvalue weighted by Gasteiger charge is -2.51. The summed E-state index contributed by atoms with van der Waals surface area (Å²) in [6.45, 7) is 1.58. The van der Waals surface area contributed by atoms with E-state index in [0.29, 0.717) is 5.41 Å². The lowest BCUT2D eigenvalue weighted by Crippen LogP contribution is -2.53. The highest BCUT2D eigenvalue weighted by Crippen LogP contribution is 2.50. The molecule has 0 atom stereocenters. The molecule has 0 aromatic rings. The van der Waals surface area contributed by atoms with Gasteiger partial charge in [-0.1, -0.05) is 0 Å². The third-order valence-electron chi connectivity index (χ3n) is 2.52. The van der Waals surface area contributed by atoms with Gasteiger partial charge in [0, 0.05) is 5.41 Å². The average molecular weight is 142 g/mol. The molecule has 2 fully saturated rings. The smallest absolute Gasteiger partial charge is 0.306 e. The summed E-state index contributed by atoms with van der Waals surface area (Å²) in [4.78, 5) is 10.4. The minimum atomic E-state index is -0.641. The van der Waals surface area contributed by atoms with E-state index in [0.717, 1.165) is 26.1 Å². The topological polar surface area (TPSA) is 46.5 Å². The average Bonchev–Trinajstić information content (AvgIpc) is 1.54. The van der Waals surface area contributed by atoms with Crippen LogP contribution in [0.25, 0.3) is 0 Å². The molecule has 3 nitrogen and oxygen atoms in total. The Bertz CT molecular complexity index is 164. The number of carbonyl (C=O) groups is 1. The van der Waals surface area contributed by atoms with Crippen LogP contribution in [0.4, 0.5) is 0 Å². The number of hydrogen-bond donors (Lipinski definition) is 1. The first-order valence-corrected chi connectivity index (χ1v) is 3.52. The zero-order chi connectivity index (χ0) is 7.19. The molecule has 56 valence electrons. The molecule has 1 N–H and O–H groups in total. The summed E-state index contributed by atoms with van der Waals surface area (Å²) in [6.07, 6.45) is 1.67. The normalized spacial score (nSPS) is 29.2. The molecule has 1 saturated heterocycles. The van der Waals surface area contributed by atoms with Crippen LogP contribution in [0, 0.1) is 11.3 Å². The largest absolute Gasteiger partial charge is 0.481 e. The fourth-order valence-corrected chi connectivity index (χ4v) is 1.79. The van der Waals surface area contributed by atoms with Crippen LogP contribution < -0.4 is 0 Å². The zero-order valence-electron chi connectivity index (χ0n) is 5.67.